The molecule has 0 spiro atoms. The van der Waals surface area contributed by atoms with Gasteiger partial charge in [0.05, 0.1) is 0 Å². The summed E-state index contributed by atoms with van der Waals surface area (Å²) in [6.07, 6.45) is 0.838. The van der Waals surface area contributed by atoms with Gasteiger partial charge >= 0.3 is 0 Å². The van der Waals surface area contributed by atoms with Crippen molar-refractivity contribution >= 4 is 43.5 Å². The van der Waals surface area contributed by atoms with Gasteiger partial charge in [0.15, 0.2) is 0 Å². The fourth-order valence-electron chi connectivity index (χ4n) is 5.27. The van der Waals surface area contributed by atoms with Crippen LogP contribution in [0, 0.1) is 0 Å². The third kappa shape index (κ3) is 3.02. The molecule has 0 saturated carbocycles. The van der Waals surface area contributed by atoms with Crippen LogP contribution in [0.4, 0.5) is 0 Å². The first-order valence-corrected chi connectivity index (χ1v) is 11.7. The van der Waals surface area contributed by atoms with Gasteiger partial charge in [-0.3, -0.25) is 0 Å². The van der Waals surface area contributed by atoms with Crippen molar-refractivity contribution in [2.24, 2.45) is 0 Å². The fraction of sp³-hybridized carbons (Fsp3) is 0.0303. The topological polar surface area (TPSA) is 13.1 Å². The first-order chi connectivity index (χ1) is 16.8. The molecular formula is C33H22O. The van der Waals surface area contributed by atoms with Crippen LogP contribution in [0.5, 0.6) is 0 Å². The van der Waals surface area contributed by atoms with Gasteiger partial charge in [-0.15, -0.1) is 0 Å². The van der Waals surface area contributed by atoms with Gasteiger partial charge in [-0.05, 0) is 49.9 Å². The van der Waals surface area contributed by atoms with Crippen molar-refractivity contribution < 1.29 is 4.42 Å². The molecule has 0 unspecified atom stereocenters. The summed E-state index contributed by atoms with van der Waals surface area (Å²) in [5.41, 5.74) is 6.96. The van der Waals surface area contributed by atoms with Crippen molar-refractivity contribution in [1.29, 1.82) is 0 Å². The molecular weight excluding hydrogens is 412 g/mol. The minimum atomic E-state index is 0.838. The number of benzene rings is 6. The van der Waals surface area contributed by atoms with E-state index in [-0.39, 0.29) is 0 Å². The van der Waals surface area contributed by atoms with Gasteiger partial charge < -0.3 is 4.42 Å². The molecule has 0 N–H and O–H groups in total. The standard InChI is InChI=1S/C33H22O/c1-3-11-27-23(7-1)9-5-13-28(27)25-17-15-22(16-18-25)21-26-10-6-14-30-32-29-12-4-2-8-24(29)19-20-31(32)34-33(26)30/h1-20H,21H2. The molecule has 7 rings (SSSR count). The molecule has 0 aliphatic heterocycles. The lowest BCUT2D eigenvalue weighted by molar-refractivity contribution is 0.664. The first kappa shape index (κ1) is 19.1. The van der Waals surface area contributed by atoms with E-state index in [1.165, 1.54) is 54.6 Å². The second-order valence-corrected chi connectivity index (χ2v) is 8.96. The molecule has 0 aliphatic rings. The van der Waals surface area contributed by atoms with Gasteiger partial charge in [-0.1, -0.05) is 115 Å². The van der Waals surface area contributed by atoms with Gasteiger partial charge in [-0.2, -0.15) is 0 Å². The number of hydrogen-bond donors (Lipinski definition) is 0. The second kappa shape index (κ2) is 7.60. The van der Waals surface area contributed by atoms with Crippen molar-refractivity contribution in [2.75, 3.05) is 0 Å². The molecule has 34 heavy (non-hydrogen) atoms. The first-order valence-electron chi connectivity index (χ1n) is 11.7. The third-order valence-corrected chi connectivity index (χ3v) is 6.92. The van der Waals surface area contributed by atoms with Gasteiger partial charge in [0.25, 0.3) is 0 Å². The van der Waals surface area contributed by atoms with Crippen LogP contribution >= 0.6 is 0 Å². The van der Waals surface area contributed by atoms with E-state index in [1.54, 1.807) is 0 Å². The molecule has 0 saturated heterocycles. The number of hydrogen-bond acceptors (Lipinski definition) is 1. The molecule has 1 nitrogen and oxygen atoms in total. The molecule has 0 radical (unpaired) electrons. The monoisotopic (exact) mass is 434 g/mol. The number of furan rings is 1. The largest absolute Gasteiger partial charge is 0.456 e. The van der Waals surface area contributed by atoms with Crippen molar-refractivity contribution in [3.8, 4) is 11.1 Å². The van der Waals surface area contributed by atoms with E-state index in [2.05, 4.69) is 121 Å². The Morgan fingerprint density at radius 1 is 0.500 bits per heavy atom. The zero-order chi connectivity index (χ0) is 22.5. The fourth-order valence-corrected chi connectivity index (χ4v) is 5.27. The lowest BCUT2D eigenvalue weighted by Crippen LogP contribution is -1.89. The van der Waals surface area contributed by atoms with E-state index in [1.807, 2.05) is 0 Å². The highest BCUT2D eigenvalue weighted by Gasteiger charge is 2.13. The molecule has 1 aromatic heterocycles. The van der Waals surface area contributed by atoms with Crippen LogP contribution in [-0.2, 0) is 6.42 Å². The average molecular weight is 435 g/mol. The Morgan fingerprint density at radius 3 is 2.03 bits per heavy atom. The van der Waals surface area contributed by atoms with Crippen LogP contribution in [0.25, 0.3) is 54.6 Å². The SMILES string of the molecule is c1ccc2c(-c3ccc(Cc4cccc5c4oc4ccc6ccccc6c45)cc3)cccc2c1. The predicted octanol–water partition coefficient (Wildman–Crippen LogP) is 9.15. The molecule has 0 aliphatic carbocycles. The van der Waals surface area contributed by atoms with Gasteiger partial charge in [-0.25, -0.2) is 0 Å². The Balaban J connectivity index is 1.29. The normalized spacial score (nSPS) is 11.6. The van der Waals surface area contributed by atoms with Crippen molar-refractivity contribution in [2.45, 2.75) is 6.42 Å². The summed E-state index contributed by atoms with van der Waals surface area (Å²) in [5, 5.41) is 7.45. The van der Waals surface area contributed by atoms with Gasteiger partial charge in [0, 0.05) is 17.2 Å². The summed E-state index contributed by atoms with van der Waals surface area (Å²) in [6, 6.07) is 43.3. The molecule has 1 heterocycles. The zero-order valence-electron chi connectivity index (χ0n) is 18.7. The minimum absolute atomic E-state index is 0.838. The van der Waals surface area contributed by atoms with E-state index in [0.29, 0.717) is 0 Å². The lowest BCUT2D eigenvalue weighted by atomic mass is 9.96. The smallest absolute Gasteiger partial charge is 0.138 e. The summed E-state index contributed by atoms with van der Waals surface area (Å²) in [5.74, 6) is 0. The molecule has 6 aromatic carbocycles. The maximum atomic E-state index is 6.41. The van der Waals surface area contributed by atoms with Crippen LogP contribution in [0.15, 0.2) is 126 Å². The maximum Gasteiger partial charge on any atom is 0.138 e. The van der Waals surface area contributed by atoms with E-state index >= 15 is 0 Å². The van der Waals surface area contributed by atoms with Crippen LogP contribution in [0.3, 0.4) is 0 Å². The zero-order valence-corrected chi connectivity index (χ0v) is 18.7. The number of rotatable bonds is 3. The van der Waals surface area contributed by atoms with E-state index in [4.69, 9.17) is 4.42 Å². The van der Waals surface area contributed by atoms with Crippen molar-refractivity contribution in [1.82, 2.24) is 0 Å². The van der Waals surface area contributed by atoms with E-state index in [0.717, 1.165) is 17.6 Å². The summed E-state index contributed by atoms with van der Waals surface area (Å²) in [7, 11) is 0. The molecule has 0 amide bonds. The molecule has 0 atom stereocenters. The summed E-state index contributed by atoms with van der Waals surface area (Å²) < 4.78 is 6.41. The highest BCUT2D eigenvalue weighted by Crippen LogP contribution is 2.36. The average Bonchev–Trinajstić information content (AvgIpc) is 3.29. The molecule has 0 bridgehead atoms. The Labute approximate surface area is 197 Å². The lowest BCUT2D eigenvalue weighted by Gasteiger charge is -2.08. The molecule has 7 aromatic rings. The van der Waals surface area contributed by atoms with Gasteiger partial charge in [0.2, 0.25) is 0 Å². The highest BCUT2D eigenvalue weighted by atomic mass is 16.3. The minimum Gasteiger partial charge on any atom is -0.456 e. The Hall–Kier alpha value is -4.36. The number of para-hydroxylation sites is 1. The number of fused-ring (bicyclic) bond motifs is 6. The van der Waals surface area contributed by atoms with Gasteiger partial charge in [0.1, 0.15) is 11.2 Å². The van der Waals surface area contributed by atoms with E-state index in [9.17, 15) is 0 Å². The summed E-state index contributed by atoms with van der Waals surface area (Å²) in [4.78, 5) is 0. The Kier molecular flexibility index (Phi) is 4.28. The third-order valence-electron chi connectivity index (χ3n) is 6.92. The summed E-state index contributed by atoms with van der Waals surface area (Å²) >= 11 is 0. The van der Waals surface area contributed by atoms with Crippen LogP contribution in [0.2, 0.25) is 0 Å². The Bertz CT molecular complexity index is 1810. The predicted molar refractivity (Wildman–Crippen MR) is 143 cm³/mol. The maximum absolute atomic E-state index is 6.41. The molecule has 160 valence electrons. The second-order valence-electron chi connectivity index (χ2n) is 8.96. The summed E-state index contributed by atoms with van der Waals surface area (Å²) in [6.45, 7) is 0. The van der Waals surface area contributed by atoms with Crippen molar-refractivity contribution in [3.63, 3.8) is 0 Å². The quantitative estimate of drug-likeness (QED) is 0.270. The van der Waals surface area contributed by atoms with Crippen LogP contribution < -0.4 is 0 Å². The van der Waals surface area contributed by atoms with Crippen LogP contribution in [0.1, 0.15) is 11.1 Å². The highest BCUT2D eigenvalue weighted by molar-refractivity contribution is 6.19. The molecule has 1 heteroatoms. The molecule has 0 fully saturated rings. The van der Waals surface area contributed by atoms with Crippen molar-refractivity contribution in [3.05, 3.63) is 132 Å². The Morgan fingerprint density at radius 2 is 1.18 bits per heavy atom. The van der Waals surface area contributed by atoms with Crippen LogP contribution in [-0.4, -0.2) is 0 Å². The van der Waals surface area contributed by atoms with E-state index < -0.39 is 0 Å².